The summed E-state index contributed by atoms with van der Waals surface area (Å²) in [7, 11) is 0. The first kappa shape index (κ1) is 21.0. The molecule has 4 unspecified atom stereocenters. The molecule has 4 atom stereocenters. The van der Waals surface area contributed by atoms with Crippen LogP contribution in [-0.4, -0.2) is 76.0 Å². The lowest BCUT2D eigenvalue weighted by Crippen LogP contribution is -2.62. The molecule has 1 heterocycles. The van der Waals surface area contributed by atoms with E-state index in [1.54, 1.807) is 0 Å². The van der Waals surface area contributed by atoms with Crippen molar-refractivity contribution in [2.75, 3.05) is 26.3 Å². The molecule has 0 spiro atoms. The van der Waals surface area contributed by atoms with Gasteiger partial charge in [0, 0.05) is 30.8 Å². The lowest BCUT2D eigenvalue weighted by molar-refractivity contribution is -0.144. The minimum Gasteiger partial charge on any atom is -0.493 e. The van der Waals surface area contributed by atoms with E-state index in [-0.39, 0.29) is 30.8 Å². The Morgan fingerprint density at radius 1 is 1.15 bits per heavy atom. The highest BCUT2D eigenvalue weighted by molar-refractivity contribution is 5.31. The Balaban J connectivity index is 2.04. The second-order valence-electron chi connectivity index (χ2n) is 6.61. The lowest BCUT2D eigenvalue weighted by Gasteiger charge is -2.43. The third-order valence-corrected chi connectivity index (χ3v) is 4.75. The molecule has 1 aromatic carbocycles. The van der Waals surface area contributed by atoms with Gasteiger partial charge in [0.25, 0.3) is 0 Å². The van der Waals surface area contributed by atoms with E-state index in [0.29, 0.717) is 6.61 Å². The Morgan fingerprint density at radius 2 is 1.81 bits per heavy atom. The van der Waals surface area contributed by atoms with Crippen molar-refractivity contribution in [2.45, 2.75) is 50.5 Å². The number of aliphatic hydroxyl groups is 4. The van der Waals surface area contributed by atoms with Gasteiger partial charge in [0.05, 0.1) is 25.4 Å². The number of halogens is 2. The maximum Gasteiger partial charge on any atom is 0.133 e. The molecule has 1 aliphatic heterocycles. The Hall–Kier alpha value is -1.32. The molecular weight excluding hydrogens is 348 g/mol. The summed E-state index contributed by atoms with van der Waals surface area (Å²) in [6, 6.07) is 1.47. The van der Waals surface area contributed by atoms with Gasteiger partial charge in [0.15, 0.2) is 0 Å². The molecule has 26 heavy (non-hydrogen) atoms. The lowest BCUT2D eigenvalue weighted by atomic mass is 9.93. The minimum atomic E-state index is -1.36. The summed E-state index contributed by atoms with van der Waals surface area (Å²) in [4.78, 5) is 1.52. The molecule has 0 bridgehead atoms. The highest BCUT2D eigenvalue weighted by Crippen LogP contribution is 2.24. The van der Waals surface area contributed by atoms with Crippen molar-refractivity contribution >= 4 is 0 Å². The van der Waals surface area contributed by atoms with Crippen molar-refractivity contribution in [2.24, 2.45) is 0 Å². The standard InChI is InChI=1S/C18H27F2NO5/c1-2-3-6-26-11-7-13(19)12(14(20)8-11)4-5-21-9-16(23)18(25)17(24)15(21)10-22/h7-8,15-18,22-25H,2-6,9-10H2,1H3. The third-order valence-electron chi connectivity index (χ3n) is 4.75. The molecule has 1 aromatic rings. The molecule has 0 amide bonds. The SMILES string of the molecule is CCCCOc1cc(F)c(CCN2CC(O)C(O)C(O)C2CO)c(F)c1. The molecule has 2 rings (SSSR count). The van der Waals surface area contributed by atoms with Crippen LogP contribution in [0.15, 0.2) is 12.1 Å². The van der Waals surface area contributed by atoms with Gasteiger partial charge in [-0.25, -0.2) is 8.78 Å². The summed E-state index contributed by atoms with van der Waals surface area (Å²) in [5.74, 6) is -1.32. The van der Waals surface area contributed by atoms with E-state index in [2.05, 4.69) is 0 Å². The fraction of sp³-hybridized carbons (Fsp3) is 0.667. The zero-order valence-corrected chi connectivity index (χ0v) is 14.8. The molecule has 0 aliphatic carbocycles. The Kier molecular flexibility index (Phi) is 7.72. The minimum absolute atomic E-state index is 0.00902. The molecule has 148 valence electrons. The number of piperidine rings is 1. The summed E-state index contributed by atoms with van der Waals surface area (Å²) < 4.78 is 33.8. The van der Waals surface area contributed by atoms with E-state index in [0.717, 1.165) is 25.0 Å². The van der Waals surface area contributed by atoms with Gasteiger partial charge in [-0.3, -0.25) is 4.90 Å². The summed E-state index contributed by atoms with van der Waals surface area (Å²) >= 11 is 0. The van der Waals surface area contributed by atoms with Crippen LogP contribution in [0.2, 0.25) is 0 Å². The fourth-order valence-electron chi connectivity index (χ4n) is 3.13. The highest BCUT2D eigenvalue weighted by atomic mass is 19.1. The number of likely N-dealkylation sites (tertiary alicyclic amines) is 1. The van der Waals surface area contributed by atoms with E-state index in [4.69, 9.17) is 4.74 Å². The van der Waals surface area contributed by atoms with E-state index in [9.17, 15) is 29.2 Å². The largest absolute Gasteiger partial charge is 0.493 e. The van der Waals surface area contributed by atoms with E-state index >= 15 is 0 Å². The molecule has 1 saturated heterocycles. The number of hydrogen-bond acceptors (Lipinski definition) is 6. The molecule has 8 heteroatoms. The van der Waals surface area contributed by atoms with Crippen molar-refractivity contribution in [3.63, 3.8) is 0 Å². The molecule has 4 N–H and O–H groups in total. The number of hydrogen-bond donors (Lipinski definition) is 4. The van der Waals surface area contributed by atoms with E-state index in [1.165, 1.54) is 4.90 Å². The first-order valence-corrected chi connectivity index (χ1v) is 8.88. The van der Waals surface area contributed by atoms with Crippen molar-refractivity contribution in [3.8, 4) is 5.75 Å². The van der Waals surface area contributed by atoms with Crippen LogP contribution in [0, 0.1) is 11.6 Å². The van der Waals surface area contributed by atoms with Crippen LogP contribution in [0.3, 0.4) is 0 Å². The van der Waals surface area contributed by atoms with Gasteiger partial charge in [0.2, 0.25) is 0 Å². The summed E-state index contributed by atoms with van der Waals surface area (Å²) in [6.07, 6.45) is -2.21. The number of nitrogens with zero attached hydrogens (tertiary/aromatic N) is 1. The number of unbranched alkanes of at least 4 members (excludes halogenated alkanes) is 1. The third kappa shape index (κ3) is 4.89. The molecule has 1 fully saturated rings. The van der Waals surface area contributed by atoms with Crippen LogP contribution in [0.25, 0.3) is 0 Å². The maximum atomic E-state index is 14.2. The topological polar surface area (TPSA) is 93.4 Å². The number of benzene rings is 1. The smallest absolute Gasteiger partial charge is 0.133 e. The Morgan fingerprint density at radius 3 is 2.38 bits per heavy atom. The maximum absolute atomic E-state index is 14.2. The molecule has 0 radical (unpaired) electrons. The summed E-state index contributed by atoms with van der Waals surface area (Å²) in [6.45, 7) is 2.03. The molecule has 0 aromatic heterocycles. The van der Waals surface area contributed by atoms with Gasteiger partial charge < -0.3 is 25.2 Å². The van der Waals surface area contributed by atoms with Gasteiger partial charge >= 0.3 is 0 Å². The van der Waals surface area contributed by atoms with Gasteiger partial charge in [-0.05, 0) is 12.8 Å². The number of aliphatic hydroxyl groups excluding tert-OH is 4. The second-order valence-corrected chi connectivity index (χ2v) is 6.61. The molecule has 0 saturated carbocycles. The average molecular weight is 375 g/mol. The van der Waals surface area contributed by atoms with E-state index < -0.39 is 42.6 Å². The number of β-amino-alcohol motifs (C(OH)–C–C–N with tert-alkyl or cyclic N) is 1. The first-order chi connectivity index (χ1) is 12.4. The quantitative estimate of drug-likeness (QED) is 0.493. The predicted molar refractivity (Wildman–Crippen MR) is 90.9 cm³/mol. The van der Waals surface area contributed by atoms with Crippen LogP contribution in [0.1, 0.15) is 25.3 Å². The van der Waals surface area contributed by atoms with Gasteiger partial charge in [-0.2, -0.15) is 0 Å². The number of ether oxygens (including phenoxy) is 1. The second kappa shape index (κ2) is 9.57. The van der Waals surface area contributed by atoms with Crippen molar-refractivity contribution in [3.05, 3.63) is 29.3 Å². The normalized spacial score (nSPS) is 26.9. The van der Waals surface area contributed by atoms with Gasteiger partial charge in [-0.15, -0.1) is 0 Å². The zero-order valence-electron chi connectivity index (χ0n) is 14.8. The molecule has 1 aliphatic rings. The molecular formula is C18H27F2NO5. The predicted octanol–water partition coefficient (Wildman–Crippen LogP) is 0.445. The monoisotopic (exact) mass is 375 g/mol. The average Bonchev–Trinajstić information content (AvgIpc) is 2.59. The Bertz CT molecular complexity index is 566. The summed E-state index contributed by atoms with van der Waals surface area (Å²) in [5.41, 5.74) is -0.125. The van der Waals surface area contributed by atoms with Crippen LogP contribution in [0.5, 0.6) is 5.75 Å². The van der Waals surface area contributed by atoms with Crippen LogP contribution < -0.4 is 4.74 Å². The van der Waals surface area contributed by atoms with Gasteiger partial charge in [0.1, 0.15) is 29.6 Å². The van der Waals surface area contributed by atoms with Crippen molar-refractivity contribution in [1.29, 1.82) is 0 Å². The van der Waals surface area contributed by atoms with Gasteiger partial charge in [-0.1, -0.05) is 13.3 Å². The Labute approximate surface area is 151 Å². The number of rotatable bonds is 8. The van der Waals surface area contributed by atoms with Crippen LogP contribution >= 0.6 is 0 Å². The van der Waals surface area contributed by atoms with Crippen LogP contribution in [0.4, 0.5) is 8.78 Å². The first-order valence-electron chi connectivity index (χ1n) is 8.88. The highest BCUT2D eigenvalue weighted by Gasteiger charge is 2.40. The van der Waals surface area contributed by atoms with Crippen LogP contribution in [-0.2, 0) is 6.42 Å². The molecule has 6 nitrogen and oxygen atoms in total. The van der Waals surface area contributed by atoms with E-state index in [1.807, 2.05) is 6.92 Å². The summed E-state index contributed by atoms with van der Waals surface area (Å²) in [5, 5.41) is 38.8. The fourth-order valence-corrected chi connectivity index (χ4v) is 3.13. The van der Waals surface area contributed by atoms with Crippen molar-refractivity contribution < 1.29 is 33.9 Å². The zero-order chi connectivity index (χ0) is 19.3. The van der Waals surface area contributed by atoms with Crippen molar-refractivity contribution in [1.82, 2.24) is 4.90 Å².